The summed E-state index contributed by atoms with van der Waals surface area (Å²) in [6.07, 6.45) is 2.43. The SMILES string of the molecule is CN1CCC(NC(=O)CCOc2cccc(N)c2)CC1. The molecule has 0 radical (unpaired) electrons. The van der Waals surface area contributed by atoms with E-state index >= 15 is 0 Å². The van der Waals surface area contributed by atoms with Crippen LogP contribution < -0.4 is 15.8 Å². The van der Waals surface area contributed by atoms with Crippen molar-refractivity contribution in [3.63, 3.8) is 0 Å². The molecule has 0 aromatic heterocycles. The quantitative estimate of drug-likeness (QED) is 0.795. The molecule has 0 saturated carbocycles. The fourth-order valence-corrected chi connectivity index (χ4v) is 2.32. The van der Waals surface area contributed by atoms with Crippen LogP contribution in [-0.2, 0) is 4.79 Å². The smallest absolute Gasteiger partial charge is 0.223 e. The van der Waals surface area contributed by atoms with E-state index in [9.17, 15) is 4.79 Å². The lowest BCUT2D eigenvalue weighted by atomic mass is 10.1. The average Bonchev–Trinajstić information content (AvgIpc) is 2.41. The molecule has 1 aliphatic rings. The number of nitrogen functional groups attached to an aromatic ring is 1. The summed E-state index contributed by atoms with van der Waals surface area (Å²) in [7, 11) is 2.11. The van der Waals surface area contributed by atoms with Crippen LogP contribution in [0.15, 0.2) is 24.3 Å². The molecule has 5 nitrogen and oxygen atoms in total. The average molecular weight is 277 g/mol. The summed E-state index contributed by atoms with van der Waals surface area (Å²) in [5.41, 5.74) is 6.33. The molecule has 110 valence electrons. The van der Waals surface area contributed by atoms with Crippen LogP contribution in [0.4, 0.5) is 5.69 Å². The van der Waals surface area contributed by atoms with Crippen LogP contribution in [0, 0.1) is 0 Å². The molecule has 3 N–H and O–H groups in total. The first kappa shape index (κ1) is 14.7. The van der Waals surface area contributed by atoms with Crippen LogP contribution in [0.25, 0.3) is 0 Å². The van der Waals surface area contributed by atoms with Crippen molar-refractivity contribution in [2.75, 3.05) is 32.5 Å². The van der Waals surface area contributed by atoms with Crippen LogP contribution in [0.2, 0.25) is 0 Å². The van der Waals surface area contributed by atoms with E-state index in [1.54, 1.807) is 12.1 Å². The van der Waals surface area contributed by atoms with Crippen LogP contribution >= 0.6 is 0 Å². The molecule has 1 aromatic carbocycles. The minimum absolute atomic E-state index is 0.0588. The van der Waals surface area contributed by atoms with Gasteiger partial charge in [0, 0.05) is 17.8 Å². The minimum Gasteiger partial charge on any atom is -0.493 e. The van der Waals surface area contributed by atoms with Crippen molar-refractivity contribution in [2.45, 2.75) is 25.3 Å². The number of likely N-dealkylation sites (tertiary alicyclic amines) is 1. The number of anilines is 1. The molecule has 1 fully saturated rings. The fourth-order valence-electron chi connectivity index (χ4n) is 2.32. The van der Waals surface area contributed by atoms with Gasteiger partial charge in [-0.25, -0.2) is 0 Å². The summed E-state index contributed by atoms with van der Waals surface area (Å²) in [6.45, 7) is 2.47. The van der Waals surface area contributed by atoms with Gasteiger partial charge < -0.3 is 20.7 Å². The molecule has 0 bridgehead atoms. The van der Waals surface area contributed by atoms with Crippen LogP contribution in [0.1, 0.15) is 19.3 Å². The molecule has 20 heavy (non-hydrogen) atoms. The normalized spacial score (nSPS) is 16.9. The maximum Gasteiger partial charge on any atom is 0.223 e. The third kappa shape index (κ3) is 4.74. The van der Waals surface area contributed by atoms with Gasteiger partial charge in [-0.15, -0.1) is 0 Å². The highest BCUT2D eigenvalue weighted by Gasteiger charge is 2.18. The van der Waals surface area contributed by atoms with Gasteiger partial charge in [0.15, 0.2) is 0 Å². The lowest BCUT2D eigenvalue weighted by Crippen LogP contribution is -2.43. The molecule has 0 unspecified atom stereocenters. The van der Waals surface area contributed by atoms with E-state index in [-0.39, 0.29) is 5.91 Å². The second-order valence-corrected chi connectivity index (χ2v) is 5.32. The number of ether oxygens (including phenoxy) is 1. The Balaban J connectivity index is 1.65. The number of carbonyl (C=O) groups excluding carboxylic acids is 1. The summed E-state index contributed by atoms with van der Waals surface area (Å²) in [5, 5.41) is 3.07. The first-order valence-electron chi connectivity index (χ1n) is 7.10. The predicted molar refractivity (Wildman–Crippen MR) is 79.6 cm³/mol. The largest absolute Gasteiger partial charge is 0.493 e. The lowest BCUT2D eigenvalue weighted by Gasteiger charge is -2.29. The van der Waals surface area contributed by atoms with Crippen molar-refractivity contribution in [3.8, 4) is 5.75 Å². The van der Waals surface area contributed by atoms with Gasteiger partial charge in [0.2, 0.25) is 5.91 Å². The van der Waals surface area contributed by atoms with Gasteiger partial charge in [-0.05, 0) is 45.1 Å². The van der Waals surface area contributed by atoms with Crippen LogP contribution in [-0.4, -0.2) is 43.6 Å². The first-order valence-corrected chi connectivity index (χ1v) is 7.10. The number of carbonyl (C=O) groups is 1. The Labute approximate surface area is 120 Å². The van der Waals surface area contributed by atoms with Gasteiger partial charge in [-0.2, -0.15) is 0 Å². The van der Waals surface area contributed by atoms with Crippen molar-refractivity contribution in [1.82, 2.24) is 10.2 Å². The van der Waals surface area contributed by atoms with Crippen LogP contribution in [0.5, 0.6) is 5.75 Å². The Kier molecular flexibility index (Phi) is 5.24. The number of rotatable bonds is 5. The van der Waals surface area contributed by atoms with Gasteiger partial charge in [-0.1, -0.05) is 6.07 Å². The summed E-state index contributed by atoms with van der Waals surface area (Å²) in [4.78, 5) is 14.1. The molecule has 1 aromatic rings. The Morgan fingerprint density at radius 1 is 1.45 bits per heavy atom. The van der Waals surface area contributed by atoms with Gasteiger partial charge in [0.25, 0.3) is 0 Å². The van der Waals surface area contributed by atoms with Crippen molar-refractivity contribution in [3.05, 3.63) is 24.3 Å². The molecule has 0 spiro atoms. The molecule has 0 aliphatic carbocycles. The highest BCUT2D eigenvalue weighted by Crippen LogP contribution is 2.14. The summed E-state index contributed by atoms with van der Waals surface area (Å²) < 4.78 is 5.51. The van der Waals surface area contributed by atoms with Gasteiger partial charge in [0.05, 0.1) is 13.0 Å². The summed E-state index contributed by atoms with van der Waals surface area (Å²) >= 11 is 0. The molecule has 1 aliphatic heterocycles. The molecular weight excluding hydrogens is 254 g/mol. The van der Waals surface area contributed by atoms with E-state index < -0.39 is 0 Å². The van der Waals surface area contributed by atoms with Gasteiger partial charge >= 0.3 is 0 Å². The summed E-state index contributed by atoms with van der Waals surface area (Å²) in [6, 6.07) is 7.55. The molecule has 5 heteroatoms. The lowest BCUT2D eigenvalue weighted by molar-refractivity contribution is -0.122. The number of nitrogens with one attached hydrogen (secondary N) is 1. The molecule has 1 amide bonds. The van der Waals surface area contributed by atoms with Gasteiger partial charge in [0.1, 0.15) is 5.75 Å². The monoisotopic (exact) mass is 277 g/mol. The Hall–Kier alpha value is -1.75. The zero-order chi connectivity index (χ0) is 14.4. The zero-order valence-corrected chi connectivity index (χ0v) is 12.0. The number of amides is 1. The van der Waals surface area contributed by atoms with Crippen LogP contribution in [0.3, 0.4) is 0 Å². The number of benzene rings is 1. The second kappa shape index (κ2) is 7.14. The van der Waals surface area contributed by atoms with Crippen molar-refractivity contribution >= 4 is 11.6 Å². The predicted octanol–water partition coefficient (Wildman–Crippen LogP) is 1.25. The zero-order valence-electron chi connectivity index (χ0n) is 12.0. The van der Waals surface area contributed by atoms with E-state index in [2.05, 4.69) is 17.3 Å². The summed E-state index contributed by atoms with van der Waals surface area (Å²) in [5.74, 6) is 0.764. The highest BCUT2D eigenvalue weighted by atomic mass is 16.5. The van der Waals surface area contributed by atoms with E-state index in [1.807, 2.05) is 12.1 Å². The molecule has 1 saturated heterocycles. The fraction of sp³-hybridized carbons (Fsp3) is 0.533. The molecule has 1 heterocycles. The Morgan fingerprint density at radius 2 is 2.20 bits per heavy atom. The van der Waals surface area contributed by atoms with E-state index in [0.29, 0.717) is 30.5 Å². The maximum absolute atomic E-state index is 11.8. The first-order chi connectivity index (χ1) is 9.63. The van der Waals surface area contributed by atoms with Crippen molar-refractivity contribution < 1.29 is 9.53 Å². The number of hydrogen-bond acceptors (Lipinski definition) is 4. The number of piperidine rings is 1. The van der Waals surface area contributed by atoms with Gasteiger partial charge in [-0.3, -0.25) is 4.79 Å². The highest BCUT2D eigenvalue weighted by molar-refractivity contribution is 5.76. The third-order valence-corrected chi connectivity index (χ3v) is 3.54. The minimum atomic E-state index is 0.0588. The standard InChI is InChI=1S/C15H23N3O2/c1-18-8-5-13(6-9-18)17-15(19)7-10-20-14-4-2-3-12(16)11-14/h2-4,11,13H,5-10,16H2,1H3,(H,17,19). The number of nitrogens with two attached hydrogens (primary N) is 1. The Morgan fingerprint density at radius 3 is 2.90 bits per heavy atom. The Bertz CT molecular complexity index is 442. The van der Waals surface area contributed by atoms with E-state index in [1.165, 1.54) is 0 Å². The molecule has 0 atom stereocenters. The van der Waals surface area contributed by atoms with Crippen molar-refractivity contribution in [2.24, 2.45) is 0 Å². The number of nitrogens with zero attached hydrogens (tertiary/aromatic N) is 1. The molecule has 2 rings (SSSR count). The maximum atomic E-state index is 11.8. The number of hydrogen-bond donors (Lipinski definition) is 2. The second-order valence-electron chi connectivity index (χ2n) is 5.32. The third-order valence-electron chi connectivity index (χ3n) is 3.54. The topological polar surface area (TPSA) is 67.6 Å². The van der Waals surface area contributed by atoms with E-state index in [0.717, 1.165) is 25.9 Å². The van der Waals surface area contributed by atoms with E-state index in [4.69, 9.17) is 10.5 Å². The molecular formula is C15H23N3O2. The van der Waals surface area contributed by atoms with Crippen molar-refractivity contribution in [1.29, 1.82) is 0 Å².